The third-order valence-corrected chi connectivity index (χ3v) is 4.01. The molecule has 0 aromatic rings. The molecule has 2 N–H and O–H groups in total. The summed E-state index contributed by atoms with van der Waals surface area (Å²) in [6, 6.07) is -1.15. The first-order valence-corrected chi connectivity index (χ1v) is 7.75. The fourth-order valence-electron chi connectivity index (χ4n) is 1.50. The Morgan fingerprint density at radius 3 is 2.26 bits per heavy atom. The molecule has 6 heteroatoms. The quantitative estimate of drug-likeness (QED) is 0.787. The van der Waals surface area contributed by atoms with E-state index in [0.717, 1.165) is 0 Å². The molecule has 5 nitrogen and oxygen atoms in total. The maximum atomic E-state index is 12.1. The Bertz CT molecular complexity index is 316. The van der Waals surface area contributed by atoms with Crippen LogP contribution in [0, 0.1) is 5.41 Å². The van der Waals surface area contributed by atoms with E-state index < -0.39 is 12.0 Å². The van der Waals surface area contributed by atoms with Crippen molar-refractivity contribution in [2.45, 2.75) is 46.2 Å². The smallest absolute Gasteiger partial charge is 0.326 e. The third kappa shape index (κ3) is 6.18. The number of carboxylic acids is 1. The van der Waals surface area contributed by atoms with E-state index in [2.05, 4.69) is 5.32 Å². The summed E-state index contributed by atoms with van der Waals surface area (Å²) in [5, 5.41) is 11.7. The highest BCUT2D eigenvalue weighted by Gasteiger charge is 2.29. The van der Waals surface area contributed by atoms with E-state index >= 15 is 0 Å². The lowest BCUT2D eigenvalue weighted by Gasteiger charge is -2.35. The molecule has 0 saturated heterocycles. The van der Waals surface area contributed by atoms with E-state index in [9.17, 15) is 9.59 Å². The molecule has 0 saturated carbocycles. The van der Waals surface area contributed by atoms with E-state index in [1.165, 1.54) is 0 Å². The lowest BCUT2D eigenvalue weighted by Crippen LogP contribution is -2.52. The number of aliphatic carboxylic acids is 1. The van der Waals surface area contributed by atoms with Crippen molar-refractivity contribution < 1.29 is 14.7 Å². The van der Waals surface area contributed by atoms with Crippen molar-refractivity contribution in [1.29, 1.82) is 0 Å². The molecule has 0 aromatic carbocycles. The molecule has 0 aliphatic heterocycles. The summed E-state index contributed by atoms with van der Waals surface area (Å²) >= 11 is 1.57. The molecule has 0 radical (unpaired) electrons. The Hall–Kier alpha value is -0.910. The number of rotatable bonds is 6. The number of amides is 2. The zero-order chi connectivity index (χ0) is 15.2. The van der Waals surface area contributed by atoms with Gasteiger partial charge in [-0.25, -0.2) is 9.59 Å². The van der Waals surface area contributed by atoms with Crippen molar-refractivity contribution in [3.8, 4) is 0 Å². The predicted molar refractivity (Wildman–Crippen MR) is 79.6 cm³/mol. The van der Waals surface area contributed by atoms with E-state index in [1.54, 1.807) is 23.7 Å². The average molecular weight is 290 g/mol. The van der Waals surface area contributed by atoms with Crippen molar-refractivity contribution in [2.75, 3.05) is 19.1 Å². The van der Waals surface area contributed by atoms with Crippen LogP contribution >= 0.6 is 11.8 Å². The highest BCUT2D eigenvalue weighted by molar-refractivity contribution is 7.98. The van der Waals surface area contributed by atoms with Crippen LogP contribution in [-0.2, 0) is 4.79 Å². The number of carboxylic acid groups (broad SMARTS) is 1. The largest absolute Gasteiger partial charge is 0.480 e. The number of carbonyl (C=O) groups excluding carboxylic acids is 1. The van der Waals surface area contributed by atoms with Crippen LogP contribution in [0.3, 0.4) is 0 Å². The van der Waals surface area contributed by atoms with Crippen LogP contribution in [-0.4, -0.2) is 53.1 Å². The molecule has 1 unspecified atom stereocenters. The summed E-state index contributed by atoms with van der Waals surface area (Å²) < 4.78 is 0. The van der Waals surface area contributed by atoms with Gasteiger partial charge in [-0.1, -0.05) is 20.8 Å². The first-order chi connectivity index (χ1) is 8.61. The Balaban J connectivity index is 4.59. The highest BCUT2D eigenvalue weighted by Crippen LogP contribution is 2.23. The Morgan fingerprint density at radius 1 is 1.37 bits per heavy atom. The van der Waals surface area contributed by atoms with Crippen molar-refractivity contribution >= 4 is 23.8 Å². The van der Waals surface area contributed by atoms with Crippen molar-refractivity contribution in [3.05, 3.63) is 0 Å². The van der Waals surface area contributed by atoms with Crippen LogP contribution in [0.15, 0.2) is 0 Å². The minimum Gasteiger partial charge on any atom is -0.480 e. The minimum absolute atomic E-state index is 0.0162. The van der Waals surface area contributed by atoms with Gasteiger partial charge in [-0.05, 0) is 30.8 Å². The van der Waals surface area contributed by atoms with Crippen LogP contribution in [0.5, 0.6) is 0 Å². The van der Waals surface area contributed by atoms with E-state index in [-0.39, 0.29) is 17.5 Å². The Labute approximate surface area is 120 Å². The van der Waals surface area contributed by atoms with Gasteiger partial charge in [0.25, 0.3) is 0 Å². The molecule has 2 atom stereocenters. The summed E-state index contributed by atoms with van der Waals surface area (Å²) in [5.74, 6) is -0.283. The molecule has 19 heavy (non-hydrogen) atoms. The van der Waals surface area contributed by atoms with Gasteiger partial charge in [0.1, 0.15) is 6.04 Å². The number of nitrogens with one attached hydrogen (secondary N) is 1. The average Bonchev–Trinajstić information content (AvgIpc) is 2.30. The monoisotopic (exact) mass is 290 g/mol. The molecule has 0 spiro atoms. The SMILES string of the molecule is CSCC[C@@H](NC(=O)N(C)C(C)C(C)(C)C)C(=O)O. The van der Waals surface area contributed by atoms with Crippen LogP contribution in [0.4, 0.5) is 4.79 Å². The van der Waals surface area contributed by atoms with E-state index in [1.807, 2.05) is 34.0 Å². The summed E-state index contributed by atoms with van der Waals surface area (Å²) in [6.45, 7) is 8.09. The second-order valence-corrected chi connectivity index (χ2v) is 6.76. The van der Waals surface area contributed by atoms with Gasteiger partial charge in [-0.3, -0.25) is 0 Å². The molecule has 0 aromatic heterocycles. The van der Waals surface area contributed by atoms with Gasteiger partial charge in [0.2, 0.25) is 0 Å². The Kier molecular flexibility index (Phi) is 7.26. The molecule has 112 valence electrons. The normalized spacial score (nSPS) is 14.6. The summed E-state index contributed by atoms with van der Waals surface area (Å²) in [4.78, 5) is 24.7. The number of thioether (sulfide) groups is 1. The fraction of sp³-hybridized carbons (Fsp3) is 0.846. The van der Waals surface area contributed by atoms with Gasteiger partial charge < -0.3 is 15.3 Å². The number of hydrogen-bond acceptors (Lipinski definition) is 3. The lowest BCUT2D eigenvalue weighted by molar-refractivity contribution is -0.139. The standard InChI is InChI=1S/C13H26N2O3S/c1-9(13(2,3)4)15(5)12(18)14-10(11(16)17)7-8-19-6/h9-10H,7-8H2,1-6H3,(H,14,18)(H,16,17)/t9?,10-/m1/s1. The molecule has 0 aliphatic carbocycles. The summed E-state index contributed by atoms with van der Waals surface area (Å²) in [6.07, 6.45) is 2.34. The molecule has 0 aliphatic rings. The number of nitrogens with zero attached hydrogens (tertiary/aromatic N) is 1. The molecule has 0 heterocycles. The van der Waals surface area contributed by atoms with Crippen LogP contribution in [0.1, 0.15) is 34.1 Å². The maximum absolute atomic E-state index is 12.1. The Morgan fingerprint density at radius 2 is 1.89 bits per heavy atom. The zero-order valence-electron chi connectivity index (χ0n) is 12.7. The molecule has 2 amide bonds. The summed E-state index contributed by atoms with van der Waals surface area (Å²) in [7, 11) is 1.69. The fourth-order valence-corrected chi connectivity index (χ4v) is 1.97. The van der Waals surface area contributed by atoms with Gasteiger partial charge in [0, 0.05) is 13.1 Å². The lowest BCUT2D eigenvalue weighted by atomic mass is 9.87. The summed E-state index contributed by atoms with van der Waals surface area (Å²) in [5.41, 5.74) is -0.0515. The maximum Gasteiger partial charge on any atom is 0.326 e. The van der Waals surface area contributed by atoms with E-state index in [4.69, 9.17) is 5.11 Å². The predicted octanol–water partition coefficient (Wildman–Crippen LogP) is 2.27. The van der Waals surface area contributed by atoms with Crippen LogP contribution in [0.25, 0.3) is 0 Å². The van der Waals surface area contributed by atoms with Crippen LogP contribution < -0.4 is 5.32 Å². The topological polar surface area (TPSA) is 69.6 Å². The molecule has 0 fully saturated rings. The zero-order valence-corrected chi connectivity index (χ0v) is 13.5. The molecular formula is C13H26N2O3S. The van der Waals surface area contributed by atoms with Gasteiger partial charge in [-0.15, -0.1) is 0 Å². The number of hydrogen-bond donors (Lipinski definition) is 2. The highest BCUT2D eigenvalue weighted by atomic mass is 32.2. The molecular weight excluding hydrogens is 264 g/mol. The van der Waals surface area contributed by atoms with Crippen molar-refractivity contribution in [1.82, 2.24) is 10.2 Å². The second kappa shape index (κ2) is 7.62. The molecule has 0 bridgehead atoms. The van der Waals surface area contributed by atoms with Gasteiger partial charge in [0.05, 0.1) is 0 Å². The van der Waals surface area contributed by atoms with E-state index in [0.29, 0.717) is 12.2 Å². The van der Waals surface area contributed by atoms with Gasteiger partial charge in [-0.2, -0.15) is 11.8 Å². The second-order valence-electron chi connectivity index (χ2n) is 5.77. The van der Waals surface area contributed by atoms with Crippen LogP contribution in [0.2, 0.25) is 0 Å². The van der Waals surface area contributed by atoms with Gasteiger partial charge >= 0.3 is 12.0 Å². The third-order valence-electron chi connectivity index (χ3n) is 3.36. The first kappa shape index (κ1) is 18.1. The van der Waals surface area contributed by atoms with Crippen molar-refractivity contribution in [3.63, 3.8) is 0 Å². The minimum atomic E-state index is -0.987. The molecule has 0 rings (SSSR count). The number of urea groups is 1. The first-order valence-electron chi connectivity index (χ1n) is 6.36. The van der Waals surface area contributed by atoms with Crippen molar-refractivity contribution in [2.24, 2.45) is 5.41 Å². The van der Waals surface area contributed by atoms with Gasteiger partial charge in [0.15, 0.2) is 0 Å². The number of carbonyl (C=O) groups is 2.